The number of carbonyl (C=O) groups excluding carboxylic acids is 2. The highest BCUT2D eigenvalue weighted by Gasteiger charge is 2.27. The first-order valence-electron chi connectivity index (χ1n) is 11.7. The second-order valence-corrected chi connectivity index (χ2v) is 9.80. The summed E-state index contributed by atoms with van der Waals surface area (Å²) < 4.78 is 6.56. The lowest BCUT2D eigenvalue weighted by molar-refractivity contribution is -0.132. The van der Waals surface area contributed by atoms with Gasteiger partial charge in [0, 0.05) is 46.0 Å². The molecule has 0 aliphatic heterocycles. The van der Waals surface area contributed by atoms with Gasteiger partial charge < -0.3 is 19.9 Å². The van der Waals surface area contributed by atoms with E-state index in [1.807, 2.05) is 19.0 Å². The molecule has 1 atom stereocenters. The number of carbonyl (C=O) groups is 2. The third kappa shape index (κ3) is 6.89. The maximum Gasteiger partial charge on any atom is 0.278 e. The average Bonchev–Trinajstić information content (AvgIpc) is 2.88. The number of aryl methyl sites for hydroxylation is 1. The van der Waals surface area contributed by atoms with Gasteiger partial charge in [0.05, 0.1) is 34.5 Å². The van der Waals surface area contributed by atoms with Crippen LogP contribution < -0.4 is 15.6 Å². The maximum atomic E-state index is 13.4. The van der Waals surface area contributed by atoms with Crippen molar-refractivity contribution in [1.82, 2.24) is 29.9 Å². The van der Waals surface area contributed by atoms with Crippen LogP contribution in [0.5, 0.6) is 5.75 Å². The lowest BCUT2D eigenvalue weighted by Crippen LogP contribution is -2.49. The van der Waals surface area contributed by atoms with Crippen LogP contribution in [0.15, 0.2) is 47.7 Å². The fourth-order valence-corrected chi connectivity index (χ4v) is 4.31. The Balaban J connectivity index is 1.90. The third-order valence-corrected chi connectivity index (χ3v) is 6.52. The molecule has 0 fully saturated rings. The number of ether oxygens (including phenoxy) is 1. The van der Waals surface area contributed by atoms with E-state index < -0.39 is 11.9 Å². The van der Waals surface area contributed by atoms with E-state index >= 15 is 0 Å². The summed E-state index contributed by atoms with van der Waals surface area (Å²) in [5, 5.41) is 6.95. The number of rotatable bonds is 10. The van der Waals surface area contributed by atoms with Gasteiger partial charge in [0.1, 0.15) is 6.04 Å². The van der Waals surface area contributed by atoms with E-state index in [4.69, 9.17) is 27.9 Å². The maximum absolute atomic E-state index is 13.4. The van der Waals surface area contributed by atoms with Crippen molar-refractivity contribution in [1.29, 1.82) is 0 Å². The Hall–Kier alpha value is -3.47. The zero-order valence-electron chi connectivity index (χ0n) is 21.9. The Morgan fingerprint density at radius 1 is 1.05 bits per heavy atom. The van der Waals surface area contributed by atoms with Gasteiger partial charge in [0.25, 0.3) is 11.5 Å². The first-order valence-corrected chi connectivity index (χ1v) is 12.5. The summed E-state index contributed by atoms with van der Waals surface area (Å²) in [4.78, 5) is 46.6. The van der Waals surface area contributed by atoms with E-state index in [0.717, 1.165) is 5.56 Å². The number of amides is 2. The first kappa shape index (κ1) is 29.1. The Labute approximate surface area is 231 Å². The van der Waals surface area contributed by atoms with Crippen LogP contribution in [0.4, 0.5) is 0 Å². The fourth-order valence-electron chi connectivity index (χ4n) is 3.77. The molecule has 10 nitrogen and oxygen atoms in total. The molecule has 2 amide bonds. The van der Waals surface area contributed by atoms with Gasteiger partial charge in [0.15, 0.2) is 5.75 Å². The van der Waals surface area contributed by atoms with E-state index in [2.05, 4.69) is 15.4 Å². The lowest BCUT2D eigenvalue weighted by Gasteiger charge is -2.26. The van der Waals surface area contributed by atoms with Gasteiger partial charge in [-0.1, -0.05) is 47.5 Å². The standard InChI is InChI=1S/C26H30Cl2N6O4/c1-32(2)10-11-33(3)25(36)20(31-24(35)23-18(27)13-29-14-19(23)28)12-16-6-8-17(9-7-16)22-21(38-5)15-30-34(4)26(22)37/h6-9,13-15,20H,10-12H2,1-5H3,(H,31,35)/t20-/m0/s1. The second-order valence-electron chi connectivity index (χ2n) is 8.99. The number of nitrogens with one attached hydrogen (secondary N) is 1. The minimum atomic E-state index is -0.899. The number of aromatic nitrogens is 3. The summed E-state index contributed by atoms with van der Waals surface area (Å²) in [5.74, 6) is -0.492. The average molecular weight is 561 g/mol. The van der Waals surface area contributed by atoms with Gasteiger partial charge in [-0.15, -0.1) is 0 Å². The van der Waals surface area contributed by atoms with Crippen LogP contribution in [-0.2, 0) is 18.3 Å². The predicted molar refractivity (Wildman–Crippen MR) is 147 cm³/mol. The van der Waals surface area contributed by atoms with Crippen molar-refractivity contribution >= 4 is 35.0 Å². The number of hydrogen-bond donors (Lipinski definition) is 1. The van der Waals surface area contributed by atoms with Gasteiger partial charge in [-0.3, -0.25) is 19.4 Å². The molecule has 2 heterocycles. The molecule has 0 saturated heterocycles. The number of benzene rings is 1. The van der Waals surface area contributed by atoms with Crippen molar-refractivity contribution in [3.05, 3.63) is 74.4 Å². The molecule has 38 heavy (non-hydrogen) atoms. The monoisotopic (exact) mass is 560 g/mol. The summed E-state index contributed by atoms with van der Waals surface area (Å²) in [5.41, 5.74) is 1.53. The van der Waals surface area contributed by atoms with Crippen molar-refractivity contribution in [2.75, 3.05) is 41.3 Å². The first-order chi connectivity index (χ1) is 18.0. The van der Waals surface area contributed by atoms with E-state index in [9.17, 15) is 14.4 Å². The van der Waals surface area contributed by atoms with Crippen molar-refractivity contribution in [3.8, 4) is 16.9 Å². The molecule has 0 bridgehead atoms. The van der Waals surface area contributed by atoms with E-state index in [0.29, 0.717) is 30.0 Å². The van der Waals surface area contributed by atoms with Crippen LogP contribution in [0.2, 0.25) is 10.0 Å². The Morgan fingerprint density at radius 3 is 2.26 bits per heavy atom. The van der Waals surface area contributed by atoms with Crippen LogP contribution in [0.25, 0.3) is 11.1 Å². The molecular formula is C26H30Cl2N6O4. The lowest BCUT2D eigenvalue weighted by atomic mass is 10.00. The zero-order valence-corrected chi connectivity index (χ0v) is 23.4. The minimum absolute atomic E-state index is 0.0491. The number of nitrogens with zero attached hydrogens (tertiary/aromatic N) is 5. The summed E-state index contributed by atoms with van der Waals surface area (Å²) in [6.07, 6.45) is 4.31. The molecule has 1 N–H and O–H groups in total. The summed E-state index contributed by atoms with van der Waals surface area (Å²) in [6.45, 7) is 1.13. The molecule has 0 saturated carbocycles. The zero-order chi connectivity index (χ0) is 28.0. The van der Waals surface area contributed by atoms with Crippen LogP contribution in [-0.4, -0.2) is 83.8 Å². The molecular weight excluding hydrogens is 531 g/mol. The van der Waals surface area contributed by atoms with Gasteiger partial charge >= 0.3 is 0 Å². The second kappa shape index (κ2) is 12.9. The number of halogens is 2. The highest BCUT2D eigenvalue weighted by molar-refractivity contribution is 6.39. The highest BCUT2D eigenvalue weighted by atomic mass is 35.5. The molecule has 12 heteroatoms. The molecule has 0 spiro atoms. The molecule has 2 aromatic heterocycles. The molecule has 1 aromatic carbocycles. The highest BCUT2D eigenvalue weighted by Crippen LogP contribution is 2.26. The largest absolute Gasteiger partial charge is 0.494 e. The smallest absolute Gasteiger partial charge is 0.278 e. The Kier molecular flexibility index (Phi) is 9.84. The van der Waals surface area contributed by atoms with Crippen LogP contribution in [0.1, 0.15) is 15.9 Å². The quantitative estimate of drug-likeness (QED) is 0.405. The topological polar surface area (TPSA) is 110 Å². The van der Waals surface area contributed by atoms with Crippen molar-refractivity contribution in [3.63, 3.8) is 0 Å². The van der Waals surface area contributed by atoms with Crippen LogP contribution >= 0.6 is 23.2 Å². The molecule has 3 rings (SSSR count). The van der Waals surface area contributed by atoms with Gasteiger partial charge in [0.2, 0.25) is 5.91 Å². The SMILES string of the molecule is COc1cnn(C)c(=O)c1-c1ccc(C[C@H](NC(=O)c2c(Cl)cncc2Cl)C(=O)N(C)CCN(C)C)cc1. The third-order valence-electron chi connectivity index (χ3n) is 5.95. The molecule has 0 aliphatic carbocycles. The minimum Gasteiger partial charge on any atom is -0.494 e. The van der Waals surface area contributed by atoms with Gasteiger partial charge in [-0.2, -0.15) is 5.10 Å². The van der Waals surface area contributed by atoms with Crippen LogP contribution in [0, 0.1) is 0 Å². The van der Waals surface area contributed by atoms with Crippen molar-refractivity contribution < 1.29 is 14.3 Å². The molecule has 0 unspecified atom stereocenters. The summed E-state index contributed by atoms with van der Waals surface area (Å²) >= 11 is 12.3. The van der Waals surface area contributed by atoms with E-state index in [-0.39, 0.29) is 33.5 Å². The number of methoxy groups -OCH3 is 1. The van der Waals surface area contributed by atoms with Gasteiger partial charge in [-0.25, -0.2) is 4.68 Å². The molecule has 0 aliphatic rings. The number of hydrogen-bond acceptors (Lipinski definition) is 7. The molecule has 3 aromatic rings. The van der Waals surface area contributed by atoms with Crippen molar-refractivity contribution in [2.24, 2.45) is 7.05 Å². The van der Waals surface area contributed by atoms with E-state index in [1.165, 1.54) is 30.4 Å². The van der Waals surface area contributed by atoms with E-state index in [1.54, 1.807) is 43.3 Å². The molecule has 0 radical (unpaired) electrons. The molecule has 202 valence electrons. The normalized spacial score (nSPS) is 11.8. The van der Waals surface area contributed by atoms with Gasteiger partial charge in [-0.05, 0) is 25.2 Å². The summed E-state index contributed by atoms with van der Waals surface area (Å²) in [6, 6.07) is 6.24. The Morgan fingerprint density at radius 2 is 1.68 bits per heavy atom. The van der Waals surface area contributed by atoms with Crippen LogP contribution in [0.3, 0.4) is 0 Å². The number of pyridine rings is 1. The fraction of sp³-hybridized carbons (Fsp3) is 0.346. The predicted octanol–water partition coefficient (Wildman–Crippen LogP) is 2.52. The summed E-state index contributed by atoms with van der Waals surface area (Å²) in [7, 11) is 8.55. The number of likely N-dealkylation sites (N-methyl/N-ethyl adjacent to an activating group) is 2. The Bertz CT molecular complexity index is 1340. The van der Waals surface area contributed by atoms with Crippen molar-refractivity contribution in [2.45, 2.75) is 12.5 Å².